The molecule has 1 aromatic carbocycles. The second kappa shape index (κ2) is 11.8. The SMILES string of the molecule is CCCCCCCOCc1ccc(C(C)CNCC)cc1. The van der Waals surface area contributed by atoms with Gasteiger partial charge in [-0.2, -0.15) is 0 Å². The van der Waals surface area contributed by atoms with Crippen LogP contribution in [0.3, 0.4) is 0 Å². The van der Waals surface area contributed by atoms with E-state index in [0.717, 1.165) is 26.3 Å². The summed E-state index contributed by atoms with van der Waals surface area (Å²) in [5, 5.41) is 3.40. The fourth-order valence-corrected chi connectivity index (χ4v) is 2.42. The fourth-order valence-electron chi connectivity index (χ4n) is 2.42. The van der Waals surface area contributed by atoms with E-state index in [2.05, 4.69) is 50.4 Å². The summed E-state index contributed by atoms with van der Waals surface area (Å²) in [5.74, 6) is 0.568. The van der Waals surface area contributed by atoms with Crippen molar-refractivity contribution in [3.05, 3.63) is 35.4 Å². The lowest BCUT2D eigenvalue weighted by molar-refractivity contribution is 0.116. The van der Waals surface area contributed by atoms with E-state index >= 15 is 0 Å². The van der Waals surface area contributed by atoms with Crippen molar-refractivity contribution in [2.75, 3.05) is 19.7 Å². The van der Waals surface area contributed by atoms with Crippen molar-refractivity contribution in [2.45, 2.75) is 65.4 Å². The van der Waals surface area contributed by atoms with Crippen LogP contribution in [0.4, 0.5) is 0 Å². The van der Waals surface area contributed by atoms with E-state index in [1.54, 1.807) is 0 Å². The first kappa shape index (κ1) is 18.2. The molecule has 0 aliphatic carbocycles. The monoisotopic (exact) mass is 291 g/mol. The third kappa shape index (κ3) is 8.23. The molecule has 2 nitrogen and oxygen atoms in total. The average molecular weight is 291 g/mol. The van der Waals surface area contributed by atoms with E-state index in [-0.39, 0.29) is 0 Å². The Morgan fingerprint density at radius 3 is 2.38 bits per heavy atom. The highest BCUT2D eigenvalue weighted by atomic mass is 16.5. The predicted octanol–water partition coefficient (Wildman–Crippen LogP) is 4.89. The summed E-state index contributed by atoms with van der Waals surface area (Å²) >= 11 is 0. The Hall–Kier alpha value is -0.860. The Morgan fingerprint density at radius 2 is 1.71 bits per heavy atom. The molecule has 0 aliphatic heterocycles. The lowest BCUT2D eigenvalue weighted by atomic mass is 10.00. The lowest BCUT2D eigenvalue weighted by Crippen LogP contribution is -2.19. The van der Waals surface area contributed by atoms with Gasteiger partial charge in [-0.3, -0.25) is 0 Å². The molecule has 0 saturated heterocycles. The summed E-state index contributed by atoms with van der Waals surface area (Å²) in [6.07, 6.45) is 6.50. The van der Waals surface area contributed by atoms with Crippen molar-refractivity contribution in [2.24, 2.45) is 0 Å². The maximum absolute atomic E-state index is 5.75. The minimum atomic E-state index is 0.568. The van der Waals surface area contributed by atoms with Gasteiger partial charge in [0.05, 0.1) is 6.61 Å². The molecule has 1 rings (SSSR count). The molecule has 0 aromatic heterocycles. The van der Waals surface area contributed by atoms with Crippen molar-refractivity contribution >= 4 is 0 Å². The van der Waals surface area contributed by atoms with E-state index in [4.69, 9.17) is 4.74 Å². The summed E-state index contributed by atoms with van der Waals surface area (Å²) in [4.78, 5) is 0. The molecule has 1 N–H and O–H groups in total. The second-order valence-electron chi connectivity index (χ2n) is 5.92. The molecule has 21 heavy (non-hydrogen) atoms. The van der Waals surface area contributed by atoms with Gasteiger partial charge in [0.1, 0.15) is 0 Å². The largest absolute Gasteiger partial charge is 0.377 e. The van der Waals surface area contributed by atoms with Gasteiger partial charge in [-0.05, 0) is 30.0 Å². The maximum atomic E-state index is 5.75. The predicted molar refractivity (Wildman–Crippen MR) is 91.8 cm³/mol. The summed E-state index contributed by atoms with van der Waals surface area (Å²) in [6.45, 7) is 10.4. The number of rotatable bonds is 12. The van der Waals surface area contributed by atoms with Gasteiger partial charge < -0.3 is 10.1 Å². The molecule has 0 amide bonds. The minimum absolute atomic E-state index is 0.568. The van der Waals surface area contributed by atoms with Gasteiger partial charge in [0.25, 0.3) is 0 Å². The standard InChI is InChI=1S/C19H33NO/c1-4-6-7-8-9-14-21-16-18-10-12-19(13-11-18)17(3)15-20-5-2/h10-13,17,20H,4-9,14-16H2,1-3H3. The molecule has 0 radical (unpaired) electrons. The fraction of sp³-hybridized carbons (Fsp3) is 0.684. The Bertz CT molecular complexity index is 347. The molecule has 2 heteroatoms. The van der Waals surface area contributed by atoms with E-state index in [1.165, 1.54) is 43.2 Å². The van der Waals surface area contributed by atoms with Gasteiger partial charge in [-0.15, -0.1) is 0 Å². The normalized spacial score (nSPS) is 12.5. The highest BCUT2D eigenvalue weighted by Crippen LogP contribution is 2.15. The topological polar surface area (TPSA) is 21.3 Å². The van der Waals surface area contributed by atoms with Crippen LogP contribution in [0.25, 0.3) is 0 Å². The van der Waals surface area contributed by atoms with E-state index in [0.29, 0.717) is 5.92 Å². The van der Waals surface area contributed by atoms with Crippen LogP contribution in [-0.2, 0) is 11.3 Å². The molecule has 1 unspecified atom stereocenters. The quantitative estimate of drug-likeness (QED) is 0.554. The highest BCUT2D eigenvalue weighted by molar-refractivity contribution is 5.24. The van der Waals surface area contributed by atoms with E-state index in [9.17, 15) is 0 Å². The Labute approximate surface area is 131 Å². The lowest BCUT2D eigenvalue weighted by Gasteiger charge is -2.13. The highest BCUT2D eigenvalue weighted by Gasteiger charge is 2.04. The van der Waals surface area contributed by atoms with Gasteiger partial charge in [0, 0.05) is 13.2 Å². The number of hydrogen-bond donors (Lipinski definition) is 1. The molecule has 1 aromatic rings. The van der Waals surface area contributed by atoms with Crippen LogP contribution in [0.1, 0.15) is 69.9 Å². The minimum Gasteiger partial charge on any atom is -0.377 e. The van der Waals surface area contributed by atoms with Gasteiger partial charge in [0.15, 0.2) is 0 Å². The third-order valence-corrected chi connectivity index (χ3v) is 3.91. The number of hydrogen-bond acceptors (Lipinski definition) is 2. The Kier molecular flexibility index (Phi) is 10.2. The molecular formula is C19H33NO. The van der Waals surface area contributed by atoms with Crippen molar-refractivity contribution < 1.29 is 4.74 Å². The van der Waals surface area contributed by atoms with Gasteiger partial charge in [-0.1, -0.05) is 70.7 Å². The second-order valence-corrected chi connectivity index (χ2v) is 5.92. The van der Waals surface area contributed by atoms with Crippen LogP contribution >= 0.6 is 0 Å². The van der Waals surface area contributed by atoms with Crippen LogP contribution < -0.4 is 5.32 Å². The van der Waals surface area contributed by atoms with Crippen molar-refractivity contribution in [1.82, 2.24) is 5.32 Å². The molecule has 0 aliphatic rings. The number of ether oxygens (including phenoxy) is 1. The van der Waals surface area contributed by atoms with Gasteiger partial charge in [-0.25, -0.2) is 0 Å². The first-order valence-corrected chi connectivity index (χ1v) is 8.65. The Balaban J connectivity index is 2.19. The first-order valence-electron chi connectivity index (χ1n) is 8.65. The number of unbranched alkanes of at least 4 members (excludes halogenated alkanes) is 4. The van der Waals surface area contributed by atoms with Crippen LogP contribution in [0, 0.1) is 0 Å². The van der Waals surface area contributed by atoms with Crippen molar-refractivity contribution in [3.8, 4) is 0 Å². The van der Waals surface area contributed by atoms with Crippen LogP contribution in [0.15, 0.2) is 24.3 Å². The molecule has 0 bridgehead atoms. The van der Waals surface area contributed by atoms with E-state index in [1.807, 2.05) is 0 Å². The number of benzene rings is 1. The van der Waals surface area contributed by atoms with Crippen molar-refractivity contribution in [1.29, 1.82) is 0 Å². The first-order chi connectivity index (χ1) is 10.3. The van der Waals surface area contributed by atoms with Gasteiger partial charge in [0.2, 0.25) is 0 Å². The third-order valence-electron chi connectivity index (χ3n) is 3.91. The molecule has 0 saturated carbocycles. The molecule has 1 atom stereocenters. The molecule has 0 spiro atoms. The van der Waals surface area contributed by atoms with Crippen LogP contribution in [0.2, 0.25) is 0 Å². The average Bonchev–Trinajstić information content (AvgIpc) is 2.52. The zero-order chi connectivity index (χ0) is 15.3. The molecular weight excluding hydrogens is 258 g/mol. The van der Waals surface area contributed by atoms with Crippen LogP contribution in [-0.4, -0.2) is 19.7 Å². The number of nitrogens with one attached hydrogen (secondary N) is 1. The Morgan fingerprint density at radius 1 is 1.00 bits per heavy atom. The van der Waals surface area contributed by atoms with Crippen molar-refractivity contribution in [3.63, 3.8) is 0 Å². The van der Waals surface area contributed by atoms with Gasteiger partial charge >= 0.3 is 0 Å². The molecule has 0 heterocycles. The summed E-state index contributed by atoms with van der Waals surface area (Å²) in [7, 11) is 0. The number of likely N-dealkylation sites (N-methyl/N-ethyl adjacent to an activating group) is 1. The molecule has 0 fully saturated rings. The summed E-state index contributed by atoms with van der Waals surface area (Å²) in [5.41, 5.74) is 2.68. The molecule has 120 valence electrons. The van der Waals surface area contributed by atoms with Crippen LogP contribution in [0.5, 0.6) is 0 Å². The maximum Gasteiger partial charge on any atom is 0.0716 e. The smallest absolute Gasteiger partial charge is 0.0716 e. The summed E-state index contributed by atoms with van der Waals surface area (Å²) < 4.78 is 5.75. The van der Waals surface area contributed by atoms with E-state index < -0.39 is 0 Å². The zero-order valence-electron chi connectivity index (χ0n) is 14.2. The summed E-state index contributed by atoms with van der Waals surface area (Å²) in [6, 6.07) is 8.88. The zero-order valence-corrected chi connectivity index (χ0v) is 14.2.